The number of amides is 1. The van der Waals surface area contributed by atoms with Gasteiger partial charge in [-0.3, -0.25) is 4.79 Å². The number of carbonyl (C=O) groups is 1. The Labute approximate surface area is 119 Å². The molecule has 1 aliphatic heterocycles. The minimum Gasteiger partial charge on any atom is -0.338 e. The van der Waals surface area contributed by atoms with Gasteiger partial charge in [0.2, 0.25) is 0 Å². The largest absolute Gasteiger partial charge is 0.338 e. The minimum atomic E-state index is -0.391. The first-order valence-electron chi connectivity index (χ1n) is 6.79. The van der Waals surface area contributed by atoms with E-state index in [2.05, 4.69) is 26.5 Å². The highest BCUT2D eigenvalue weighted by molar-refractivity contribution is 7.80. The first-order valence-corrected chi connectivity index (χ1v) is 7.24. The van der Waals surface area contributed by atoms with E-state index in [1.807, 2.05) is 4.90 Å². The van der Waals surface area contributed by atoms with E-state index in [9.17, 15) is 9.18 Å². The van der Waals surface area contributed by atoms with Crippen LogP contribution in [0.3, 0.4) is 0 Å². The number of likely N-dealkylation sites (tertiary alicyclic amines) is 1. The minimum absolute atomic E-state index is 0.0147. The summed E-state index contributed by atoms with van der Waals surface area (Å²) in [6, 6.07) is 4.35. The predicted molar refractivity (Wildman–Crippen MR) is 77.2 cm³/mol. The number of thiol groups is 1. The van der Waals surface area contributed by atoms with Crippen LogP contribution in [0.15, 0.2) is 23.1 Å². The number of rotatable bonds is 3. The van der Waals surface area contributed by atoms with Gasteiger partial charge < -0.3 is 4.90 Å². The van der Waals surface area contributed by atoms with Crippen molar-refractivity contribution in [3.05, 3.63) is 29.6 Å². The molecule has 0 aliphatic carbocycles. The molecule has 2 rings (SSSR count). The zero-order valence-corrected chi connectivity index (χ0v) is 12.3. The fraction of sp³-hybridized carbons (Fsp3) is 0.533. The van der Waals surface area contributed by atoms with Crippen LogP contribution in [0.5, 0.6) is 0 Å². The molecule has 0 unspecified atom stereocenters. The topological polar surface area (TPSA) is 20.3 Å². The van der Waals surface area contributed by atoms with Crippen molar-refractivity contribution in [3.8, 4) is 0 Å². The Balaban J connectivity index is 2.15. The van der Waals surface area contributed by atoms with Gasteiger partial charge in [-0.25, -0.2) is 4.39 Å². The lowest BCUT2D eigenvalue weighted by Crippen LogP contribution is -2.31. The maximum atomic E-state index is 13.2. The summed E-state index contributed by atoms with van der Waals surface area (Å²) in [6.07, 6.45) is 3.24. The van der Waals surface area contributed by atoms with Gasteiger partial charge in [0, 0.05) is 23.5 Å². The monoisotopic (exact) mass is 281 g/mol. The molecule has 0 bridgehead atoms. The van der Waals surface area contributed by atoms with Gasteiger partial charge in [0.15, 0.2) is 0 Å². The number of hydrogen-bond acceptors (Lipinski definition) is 2. The van der Waals surface area contributed by atoms with Crippen molar-refractivity contribution >= 4 is 18.5 Å². The molecule has 0 atom stereocenters. The SMILES string of the molecule is CCC1(CC)CCN(C(=O)c2ccc(F)c(S)c2)C1. The molecule has 1 amide bonds. The molecule has 4 heteroatoms. The summed E-state index contributed by atoms with van der Waals surface area (Å²) >= 11 is 4.03. The summed E-state index contributed by atoms with van der Waals surface area (Å²) in [4.78, 5) is 14.5. The molecule has 1 aromatic rings. The quantitative estimate of drug-likeness (QED) is 0.836. The van der Waals surface area contributed by atoms with Gasteiger partial charge in [-0.1, -0.05) is 13.8 Å². The highest BCUT2D eigenvalue weighted by Crippen LogP contribution is 2.37. The van der Waals surface area contributed by atoms with Crippen molar-refractivity contribution in [2.45, 2.75) is 38.0 Å². The molecule has 1 fully saturated rings. The van der Waals surface area contributed by atoms with Crippen LogP contribution in [0.1, 0.15) is 43.5 Å². The van der Waals surface area contributed by atoms with Crippen LogP contribution in [-0.4, -0.2) is 23.9 Å². The van der Waals surface area contributed by atoms with E-state index in [-0.39, 0.29) is 16.2 Å². The van der Waals surface area contributed by atoms with Crippen LogP contribution in [0.2, 0.25) is 0 Å². The van der Waals surface area contributed by atoms with Crippen molar-refractivity contribution in [1.29, 1.82) is 0 Å². The van der Waals surface area contributed by atoms with E-state index in [0.717, 1.165) is 32.4 Å². The first-order chi connectivity index (χ1) is 9.01. The van der Waals surface area contributed by atoms with Gasteiger partial charge in [0.05, 0.1) is 0 Å². The molecular formula is C15H20FNOS. The fourth-order valence-electron chi connectivity index (χ4n) is 2.76. The molecule has 0 N–H and O–H groups in total. The van der Waals surface area contributed by atoms with Gasteiger partial charge in [0.25, 0.3) is 5.91 Å². The summed E-state index contributed by atoms with van der Waals surface area (Å²) in [5.41, 5.74) is 0.786. The Morgan fingerprint density at radius 1 is 1.42 bits per heavy atom. The summed E-state index contributed by atoms with van der Waals surface area (Å²) in [7, 11) is 0. The first kappa shape index (κ1) is 14.4. The van der Waals surface area contributed by atoms with Gasteiger partial charge in [-0.15, -0.1) is 12.6 Å². The van der Waals surface area contributed by atoms with E-state index < -0.39 is 5.82 Å². The molecule has 104 valence electrons. The fourth-order valence-corrected chi connectivity index (χ4v) is 2.98. The second kappa shape index (κ2) is 5.53. The van der Waals surface area contributed by atoms with E-state index in [0.29, 0.717) is 5.56 Å². The van der Waals surface area contributed by atoms with Crippen LogP contribution >= 0.6 is 12.6 Å². The van der Waals surface area contributed by atoms with E-state index in [1.165, 1.54) is 18.2 Å². The van der Waals surface area contributed by atoms with Gasteiger partial charge >= 0.3 is 0 Å². The molecule has 1 aromatic carbocycles. The standard InChI is InChI=1S/C15H20FNOS/c1-3-15(4-2)7-8-17(10-15)14(18)11-5-6-12(16)13(19)9-11/h5-6,9,19H,3-4,7-8,10H2,1-2H3. The van der Waals surface area contributed by atoms with Crippen LogP contribution in [0.25, 0.3) is 0 Å². The Hall–Kier alpha value is -1.03. The maximum absolute atomic E-state index is 13.2. The second-order valence-corrected chi connectivity index (χ2v) is 5.83. The Bertz CT molecular complexity index is 485. The Kier molecular flexibility index (Phi) is 4.19. The third-order valence-electron chi connectivity index (χ3n) is 4.42. The van der Waals surface area contributed by atoms with Crippen molar-refractivity contribution in [2.24, 2.45) is 5.41 Å². The molecule has 1 saturated heterocycles. The molecule has 2 nitrogen and oxygen atoms in total. The van der Waals surface area contributed by atoms with Crippen molar-refractivity contribution in [1.82, 2.24) is 4.90 Å². The van der Waals surface area contributed by atoms with E-state index in [4.69, 9.17) is 0 Å². The average molecular weight is 281 g/mol. The summed E-state index contributed by atoms with van der Waals surface area (Å²) in [6.45, 7) is 5.96. The molecule has 0 spiro atoms. The van der Waals surface area contributed by atoms with E-state index >= 15 is 0 Å². The van der Waals surface area contributed by atoms with Crippen molar-refractivity contribution < 1.29 is 9.18 Å². The molecule has 1 heterocycles. The van der Waals surface area contributed by atoms with Crippen LogP contribution in [0.4, 0.5) is 4.39 Å². The molecule has 0 radical (unpaired) electrons. The molecule has 19 heavy (non-hydrogen) atoms. The molecule has 1 aliphatic rings. The third-order valence-corrected chi connectivity index (χ3v) is 4.76. The van der Waals surface area contributed by atoms with Gasteiger partial charge in [0.1, 0.15) is 5.82 Å². The van der Waals surface area contributed by atoms with Crippen molar-refractivity contribution in [3.63, 3.8) is 0 Å². The van der Waals surface area contributed by atoms with Crippen LogP contribution in [-0.2, 0) is 0 Å². The van der Waals surface area contributed by atoms with Gasteiger partial charge in [-0.05, 0) is 42.9 Å². The zero-order valence-electron chi connectivity index (χ0n) is 11.4. The highest BCUT2D eigenvalue weighted by Gasteiger charge is 2.37. The third kappa shape index (κ3) is 2.78. The molecular weight excluding hydrogens is 261 g/mol. The van der Waals surface area contributed by atoms with Gasteiger partial charge in [-0.2, -0.15) is 0 Å². The Morgan fingerprint density at radius 3 is 2.63 bits per heavy atom. The van der Waals surface area contributed by atoms with E-state index in [1.54, 1.807) is 0 Å². The number of hydrogen-bond donors (Lipinski definition) is 1. The summed E-state index contributed by atoms with van der Waals surface area (Å²) < 4.78 is 13.2. The van der Waals surface area contributed by atoms with Crippen LogP contribution < -0.4 is 0 Å². The average Bonchev–Trinajstić information content (AvgIpc) is 2.86. The summed E-state index contributed by atoms with van der Waals surface area (Å²) in [5.74, 6) is -0.406. The smallest absolute Gasteiger partial charge is 0.253 e. The number of nitrogens with zero attached hydrogens (tertiary/aromatic N) is 1. The Morgan fingerprint density at radius 2 is 2.11 bits per heavy atom. The lowest BCUT2D eigenvalue weighted by atomic mass is 9.82. The predicted octanol–water partition coefficient (Wildman–Crippen LogP) is 3.77. The summed E-state index contributed by atoms with van der Waals surface area (Å²) in [5, 5.41) is 0. The number of carbonyl (C=O) groups excluding carboxylic acids is 1. The normalized spacial score (nSPS) is 17.8. The number of halogens is 1. The maximum Gasteiger partial charge on any atom is 0.253 e. The number of benzene rings is 1. The lowest BCUT2D eigenvalue weighted by Gasteiger charge is -2.26. The zero-order chi connectivity index (χ0) is 14.0. The lowest BCUT2D eigenvalue weighted by molar-refractivity contribution is 0.0769. The second-order valence-electron chi connectivity index (χ2n) is 5.35. The molecule has 0 saturated carbocycles. The van der Waals surface area contributed by atoms with Crippen LogP contribution in [0, 0.1) is 11.2 Å². The molecule has 0 aromatic heterocycles. The van der Waals surface area contributed by atoms with Crippen molar-refractivity contribution in [2.75, 3.05) is 13.1 Å². The highest BCUT2D eigenvalue weighted by atomic mass is 32.1.